The normalized spacial score (nSPS) is 31.9. The average molecular weight is 212 g/mol. The molecule has 0 spiro atoms. The van der Waals surface area contributed by atoms with Gasteiger partial charge in [0.05, 0.1) is 0 Å². The van der Waals surface area contributed by atoms with Crippen molar-refractivity contribution >= 4 is 13.2 Å². The summed E-state index contributed by atoms with van der Waals surface area (Å²) < 4.78 is 0. The van der Waals surface area contributed by atoms with Crippen LogP contribution >= 0.6 is 7.92 Å². The molecule has 0 aromatic heterocycles. The Labute approximate surface area is 91.8 Å². The third-order valence-electron chi connectivity index (χ3n) is 2.91. The van der Waals surface area contributed by atoms with Crippen molar-refractivity contribution in [1.29, 1.82) is 0 Å². The third kappa shape index (κ3) is 1.70. The number of rotatable bonds is 1. The minimum atomic E-state index is 0.0422. The van der Waals surface area contributed by atoms with Gasteiger partial charge in [-0.1, -0.05) is 74.7 Å². The molecule has 0 bridgehead atoms. The van der Waals surface area contributed by atoms with E-state index in [4.69, 9.17) is 0 Å². The fourth-order valence-corrected chi connectivity index (χ4v) is 4.82. The minimum absolute atomic E-state index is 0.0422. The van der Waals surface area contributed by atoms with E-state index in [1.807, 2.05) is 0 Å². The SMILES string of the molecule is C1=CC=CC2C(C=C1)P2c1ccccc1. The molecule has 2 unspecified atom stereocenters. The Balaban J connectivity index is 1.88. The molecule has 0 nitrogen and oxygen atoms in total. The monoisotopic (exact) mass is 212 g/mol. The lowest BCUT2D eigenvalue weighted by Gasteiger charge is -1.96. The first kappa shape index (κ1) is 9.12. The van der Waals surface area contributed by atoms with Gasteiger partial charge in [0.25, 0.3) is 0 Å². The van der Waals surface area contributed by atoms with Crippen molar-refractivity contribution in [2.75, 3.05) is 0 Å². The summed E-state index contributed by atoms with van der Waals surface area (Å²) in [5, 5.41) is 1.54. The molecule has 1 aromatic carbocycles. The highest BCUT2D eigenvalue weighted by atomic mass is 31.1. The standard InChI is InChI=1S/C14H13P/c1-2-7-11-14-13(10-6-1)15(14)12-8-4-3-5-9-12/h1-11,13-14H. The zero-order chi connectivity index (χ0) is 10.1. The molecule has 1 heteroatoms. The molecule has 1 aromatic rings. The van der Waals surface area contributed by atoms with E-state index in [0.29, 0.717) is 0 Å². The van der Waals surface area contributed by atoms with Crippen molar-refractivity contribution in [2.45, 2.75) is 11.3 Å². The van der Waals surface area contributed by atoms with Crippen LogP contribution in [0.15, 0.2) is 66.8 Å². The topological polar surface area (TPSA) is 0 Å². The molecule has 1 aliphatic heterocycles. The van der Waals surface area contributed by atoms with Gasteiger partial charge < -0.3 is 0 Å². The molecule has 74 valence electrons. The molecule has 0 saturated carbocycles. The second kappa shape index (κ2) is 3.79. The molecular weight excluding hydrogens is 199 g/mol. The van der Waals surface area contributed by atoms with Gasteiger partial charge in [0, 0.05) is 11.3 Å². The first-order valence-corrected chi connectivity index (χ1v) is 6.80. The van der Waals surface area contributed by atoms with E-state index in [-0.39, 0.29) is 7.92 Å². The first-order valence-electron chi connectivity index (χ1n) is 5.32. The van der Waals surface area contributed by atoms with Gasteiger partial charge in [-0.25, -0.2) is 0 Å². The Morgan fingerprint density at radius 1 is 0.733 bits per heavy atom. The first-order chi connectivity index (χ1) is 7.47. The highest BCUT2D eigenvalue weighted by molar-refractivity contribution is 7.75. The number of benzene rings is 1. The Bertz CT molecular complexity index is 406. The quantitative estimate of drug-likeness (QED) is 0.627. The zero-order valence-corrected chi connectivity index (χ0v) is 9.35. The zero-order valence-electron chi connectivity index (χ0n) is 8.45. The van der Waals surface area contributed by atoms with Gasteiger partial charge in [0.2, 0.25) is 0 Å². The smallest absolute Gasteiger partial charge is 0.0125 e. The fraction of sp³-hybridized carbons (Fsp3) is 0.143. The molecule has 2 aliphatic rings. The molecule has 15 heavy (non-hydrogen) atoms. The maximum Gasteiger partial charge on any atom is 0.0125 e. The summed E-state index contributed by atoms with van der Waals surface area (Å²) in [7, 11) is 0.0422. The van der Waals surface area contributed by atoms with E-state index in [0.717, 1.165) is 11.3 Å². The van der Waals surface area contributed by atoms with Crippen LogP contribution in [-0.2, 0) is 0 Å². The molecule has 0 radical (unpaired) electrons. The third-order valence-corrected chi connectivity index (χ3v) is 5.73. The molecule has 1 fully saturated rings. The van der Waals surface area contributed by atoms with E-state index >= 15 is 0 Å². The highest BCUT2D eigenvalue weighted by Gasteiger charge is 2.46. The summed E-state index contributed by atoms with van der Waals surface area (Å²) >= 11 is 0. The van der Waals surface area contributed by atoms with E-state index in [1.54, 1.807) is 5.30 Å². The fourth-order valence-electron chi connectivity index (χ4n) is 2.11. The van der Waals surface area contributed by atoms with Crippen molar-refractivity contribution < 1.29 is 0 Å². The van der Waals surface area contributed by atoms with Crippen LogP contribution in [0.4, 0.5) is 0 Å². The average Bonchev–Trinajstić information content (AvgIpc) is 2.91. The molecule has 1 saturated heterocycles. The van der Waals surface area contributed by atoms with Crippen LogP contribution in [0.2, 0.25) is 0 Å². The molecule has 0 N–H and O–H groups in total. The molecular formula is C14H13P. The lowest BCUT2D eigenvalue weighted by Crippen LogP contribution is -1.91. The Hall–Kier alpha value is -1.13. The lowest BCUT2D eigenvalue weighted by atomic mass is 10.2. The largest absolute Gasteiger partial charge is 0.0758 e. The van der Waals surface area contributed by atoms with Gasteiger partial charge in [-0.05, 0) is 5.30 Å². The Kier molecular flexibility index (Phi) is 2.31. The maximum atomic E-state index is 2.36. The second-order valence-electron chi connectivity index (χ2n) is 3.88. The summed E-state index contributed by atoms with van der Waals surface area (Å²) in [6.07, 6.45) is 13.3. The van der Waals surface area contributed by atoms with Crippen molar-refractivity contribution in [3.63, 3.8) is 0 Å². The van der Waals surface area contributed by atoms with E-state index in [1.165, 1.54) is 0 Å². The van der Waals surface area contributed by atoms with Crippen LogP contribution in [0.5, 0.6) is 0 Å². The van der Waals surface area contributed by atoms with Crippen molar-refractivity contribution in [3.8, 4) is 0 Å². The predicted octanol–water partition coefficient (Wildman–Crippen LogP) is 3.23. The predicted molar refractivity (Wildman–Crippen MR) is 68.0 cm³/mol. The summed E-state index contributed by atoms with van der Waals surface area (Å²) in [5.74, 6) is 0. The summed E-state index contributed by atoms with van der Waals surface area (Å²) in [6, 6.07) is 10.9. The van der Waals surface area contributed by atoms with Crippen LogP contribution < -0.4 is 5.30 Å². The van der Waals surface area contributed by atoms with E-state index in [9.17, 15) is 0 Å². The number of hydrogen-bond donors (Lipinski definition) is 0. The Morgan fingerprint density at radius 3 is 1.93 bits per heavy atom. The molecule has 1 aliphatic carbocycles. The van der Waals surface area contributed by atoms with Crippen LogP contribution in [-0.4, -0.2) is 11.3 Å². The molecule has 3 rings (SSSR count). The number of fused-ring (bicyclic) bond motifs is 1. The molecule has 2 atom stereocenters. The summed E-state index contributed by atoms with van der Waals surface area (Å²) in [5.41, 5.74) is 1.56. The van der Waals surface area contributed by atoms with Gasteiger partial charge in [-0.2, -0.15) is 0 Å². The highest BCUT2D eigenvalue weighted by Crippen LogP contribution is 2.66. The second-order valence-corrected chi connectivity index (χ2v) is 6.40. The number of allylic oxidation sites excluding steroid dienone is 6. The van der Waals surface area contributed by atoms with Crippen molar-refractivity contribution in [2.24, 2.45) is 0 Å². The van der Waals surface area contributed by atoms with Gasteiger partial charge in [-0.15, -0.1) is 0 Å². The van der Waals surface area contributed by atoms with E-state index in [2.05, 4.69) is 66.8 Å². The van der Waals surface area contributed by atoms with Crippen LogP contribution in [0.3, 0.4) is 0 Å². The lowest BCUT2D eigenvalue weighted by molar-refractivity contribution is 1.23. The summed E-state index contributed by atoms with van der Waals surface area (Å²) in [4.78, 5) is 0. The van der Waals surface area contributed by atoms with Gasteiger partial charge >= 0.3 is 0 Å². The van der Waals surface area contributed by atoms with Gasteiger partial charge in [0.15, 0.2) is 0 Å². The maximum absolute atomic E-state index is 2.36. The molecule has 0 amide bonds. The van der Waals surface area contributed by atoms with Crippen molar-refractivity contribution in [3.05, 3.63) is 66.8 Å². The van der Waals surface area contributed by atoms with E-state index < -0.39 is 0 Å². The van der Waals surface area contributed by atoms with Crippen molar-refractivity contribution in [1.82, 2.24) is 0 Å². The molecule has 1 heterocycles. The summed E-state index contributed by atoms with van der Waals surface area (Å²) in [6.45, 7) is 0. The van der Waals surface area contributed by atoms with Gasteiger partial charge in [-0.3, -0.25) is 0 Å². The Morgan fingerprint density at radius 2 is 1.33 bits per heavy atom. The van der Waals surface area contributed by atoms with Crippen LogP contribution in [0.25, 0.3) is 0 Å². The minimum Gasteiger partial charge on any atom is -0.0758 e. The number of hydrogen-bond acceptors (Lipinski definition) is 0. The van der Waals surface area contributed by atoms with Crippen LogP contribution in [0, 0.1) is 0 Å². The van der Waals surface area contributed by atoms with Crippen LogP contribution in [0.1, 0.15) is 0 Å². The van der Waals surface area contributed by atoms with Gasteiger partial charge in [0.1, 0.15) is 0 Å².